The van der Waals surface area contributed by atoms with Gasteiger partial charge in [0.25, 0.3) is 5.91 Å². The van der Waals surface area contributed by atoms with E-state index in [1.54, 1.807) is 35.2 Å². The quantitative estimate of drug-likeness (QED) is 0.578. The Labute approximate surface area is 185 Å². The molecule has 0 fully saturated rings. The van der Waals surface area contributed by atoms with E-state index in [-0.39, 0.29) is 29.9 Å². The lowest BCUT2D eigenvalue weighted by molar-refractivity contribution is -0.128. The summed E-state index contributed by atoms with van der Waals surface area (Å²) in [6.45, 7) is 2.31. The number of carbonyl (C=O) groups is 3. The van der Waals surface area contributed by atoms with Gasteiger partial charge in [0.15, 0.2) is 11.9 Å². The van der Waals surface area contributed by atoms with Crippen LogP contribution in [0.3, 0.4) is 0 Å². The molecule has 7 nitrogen and oxygen atoms in total. The lowest BCUT2D eigenvalue weighted by atomic mass is 10.0. The molecule has 0 unspecified atom stereocenters. The molecule has 2 aliphatic heterocycles. The molecule has 2 aliphatic rings. The average Bonchev–Trinajstić information content (AvgIpc) is 3.50. The van der Waals surface area contributed by atoms with Crippen molar-refractivity contribution in [1.29, 1.82) is 0 Å². The molecule has 3 heterocycles. The minimum Gasteiger partial charge on any atom is -0.478 e. The number of amides is 2. The molecule has 0 aliphatic carbocycles. The number of rotatable bonds is 5. The van der Waals surface area contributed by atoms with Gasteiger partial charge in [-0.25, -0.2) is 0 Å². The van der Waals surface area contributed by atoms with Gasteiger partial charge in [0.1, 0.15) is 12.3 Å². The monoisotopic (exact) mass is 430 g/mol. The van der Waals surface area contributed by atoms with Gasteiger partial charge in [-0.3, -0.25) is 19.3 Å². The molecule has 0 saturated carbocycles. The van der Waals surface area contributed by atoms with Gasteiger partial charge in [-0.05, 0) is 54.8 Å². The maximum atomic E-state index is 13.2. The van der Waals surface area contributed by atoms with Gasteiger partial charge in [0.05, 0.1) is 12.0 Å². The summed E-state index contributed by atoms with van der Waals surface area (Å²) in [5, 5.41) is 0. The van der Waals surface area contributed by atoms with Crippen LogP contribution < -0.4 is 14.5 Å². The third kappa shape index (κ3) is 3.36. The van der Waals surface area contributed by atoms with Crippen molar-refractivity contribution in [2.24, 2.45) is 0 Å². The Morgan fingerprint density at radius 1 is 1.06 bits per heavy atom. The van der Waals surface area contributed by atoms with E-state index in [0.717, 1.165) is 17.7 Å². The first-order chi connectivity index (χ1) is 15.6. The molecule has 1 atom stereocenters. The Balaban J connectivity index is 1.48. The molecule has 32 heavy (non-hydrogen) atoms. The number of para-hydroxylation sites is 1. The first kappa shape index (κ1) is 20.1. The maximum Gasteiger partial charge on any atom is 0.268 e. The van der Waals surface area contributed by atoms with Crippen LogP contribution in [-0.2, 0) is 16.0 Å². The molecular formula is C25H22N2O5. The Kier molecular flexibility index (Phi) is 5.01. The van der Waals surface area contributed by atoms with E-state index in [9.17, 15) is 14.4 Å². The van der Waals surface area contributed by atoms with Crippen molar-refractivity contribution in [3.8, 4) is 5.75 Å². The highest BCUT2D eigenvalue weighted by atomic mass is 16.5. The topological polar surface area (TPSA) is 80.1 Å². The van der Waals surface area contributed by atoms with Crippen molar-refractivity contribution in [3.63, 3.8) is 0 Å². The summed E-state index contributed by atoms with van der Waals surface area (Å²) in [5.74, 6) is -0.0855. The zero-order chi connectivity index (χ0) is 22.2. The van der Waals surface area contributed by atoms with Crippen molar-refractivity contribution in [2.75, 3.05) is 22.9 Å². The third-order valence-corrected chi connectivity index (χ3v) is 5.92. The van der Waals surface area contributed by atoms with Gasteiger partial charge in [0.2, 0.25) is 11.7 Å². The van der Waals surface area contributed by atoms with Crippen LogP contribution >= 0.6 is 0 Å². The molecule has 0 N–H and O–H groups in total. The molecule has 5 rings (SSSR count). The molecule has 0 spiro atoms. The minimum absolute atomic E-state index is 0.127. The lowest BCUT2D eigenvalue weighted by Crippen LogP contribution is -2.50. The predicted molar refractivity (Wildman–Crippen MR) is 118 cm³/mol. The largest absolute Gasteiger partial charge is 0.478 e. The molecule has 3 aromatic rings. The van der Waals surface area contributed by atoms with Crippen LogP contribution in [-0.4, -0.2) is 36.8 Å². The highest BCUT2D eigenvalue weighted by Gasteiger charge is 2.36. The summed E-state index contributed by atoms with van der Waals surface area (Å²) in [7, 11) is 0. The zero-order valence-corrected chi connectivity index (χ0v) is 17.6. The summed E-state index contributed by atoms with van der Waals surface area (Å²) in [5.41, 5.74) is 2.77. The van der Waals surface area contributed by atoms with Crippen LogP contribution in [0.5, 0.6) is 5.75 Å². The zero-order valence-electron chi connectivity index (χ0n) is 17.6. The van der Waals surface area contributed by atoms with Crippen molar-refractivity contribution < 1.29 is 23.5 Å². The second-order valence-corrected chi connectivity index (χ2v) is 7.85. The number of furan rings is 1. The number of anilines is 2. The van der Waals surface area contributed by atoms with Crippen molar-refractivity contribution in [2.45, 2.75) is 25.9 Å². The van der Waals surface area contributed by atoms with Gasteiger partial charge in [-0.1, -0.05) is 25.1 Å². The first-order valence-corrected chi connectivity index (χ1v) is 10.7. The number of ketones is 1. The maximum absolute atomic E-state index is 13.2. The fraction of sp³-hybridized carbons (Fsp3) is 0.240. The van der Waals surface area contributed by atoms with Gasteiger partial charge >= 0.3 is 0 Å². The second-order valence-electron chi connectivity index (χ2n) is 7.85. The molecule has 0 saturated heterocycles. The lowest BCUT2D eigenvalue weighted by Gasteiger charge is -2.34. The highest BCUT2D eigenvalue weighted by Crippen LogP contribution is 2.37. The molecule has 0 radical (unpaired) electrons. The number of ether oxygens (including phenoxy) is 1. The van der Waals surface area contributed by atoms with E-state index in [4.69, 9.17) is 9.15 Å². The fourth-order valence-corrected chi connectivity index (χ4v) is 4.25. The summed E-state index contributed by atoms with van der Waals surface area (Å²) >= 11 is 0. The van der Waals surface area contributed by atoms with Gasteiger partial charge in [0, 0.05) is 17.8 Å². The van der Waals surface area contributed by atoms with Crippen LogP contribution in [0.15, 0.2) is 65.3 Å². The summed E-state index contributed by atoms with van der Waals surface area (Å²) < 4.78 is 11.1. The number of carbonyl (C=O) groups excluding carboxylic acids is 3. The van der Waals surface area contributed by atoms with Crippen LogP contribution in [0.2, 0.25) is 0 Å². The standard InChI is InChI=1S/C25H22N2O5/c1-2-20-25(30)27(15-23(28)26-12-11-16-6-3-4-7-18(16)26)19-14-17(9-10-21(19)32-20)24(29)22-8-5-13-31-22/h3-10,13-14,20H,2,11-12,15H2,1H3/t20-/m0/s1. The van der Waals surface area contributed by atoms with Gasteiger partial charge in [-0.15, -0.1) is 0 Å². The predicted octanol–water partition coefficient (Wildman–Crippen LogP) is 3.60. The van der Waals surface area contributed by atoms with Crippen LogP contribution in [0, 0.1) is 0 Å². The van der Waals surface area contributed by atoms with E-state index in [2.05, 4.69) is 0 Å². The Morgan fingerprint density at radius 3 is 2.69 bits per heavy atom. The first-order valence-electron chi connectivity index (χ1n) is 10.7. The molecule has 1 aromatic heterocycles. The fourth-order valence-electron chi connectivity index (χ4n) is 4.25. The van der Waals surface area contributed by atoms with Crippen molar-refractivity contribution in [1.82, 2.24) is 0 Å². The molecule has 162 valence electrons. The van der Waals surface area contributed by atoms with Crippen molar-refractivity contribution >= 4 is 29.0 Å². The van der Waals surface area contributed by atoms with Gasteiger partial charge in [-0.2, -0.15) is 0 Å². The molecule has 2 aromatic carbocycles. The van der Waals surface area contributed by atoms with E-state index >= 15 is 0 Å². The SMILES string of the molecule is CC[C@@H]1Oc2ccc(C(=O)c3ccco3)cc2N(CC(=O)N2CCc3ccccc32)C1=O. The van der Waals surface area contributed by atoms with Crippen molar-refractivity contribution in [3.05, 3.63) is 77.7 Å². The minimum atomic E-state index is -0.673. The molecule has 2 amide bonds. The van der Waals surface area contributed by atoms with Crippen LogP contribution in [0.1, 0.15) is 35.0 Å². The summed E-state index contributed by atoms with van der Waals surface area (Å²) in [4.78, 5) is 42.3. The number of hydrogen-bond donors (Lipinski definition) is 0. The second kappa shape index (κ2) is 8.00. The van der Waals surface area contributed by atoms with Crippen LogP contribution in [0.4, 0.5) is 11.4 Å². The van der Waals surface area contributed by atoms with Crippen LogP contribution in [0.25, 0.3) is 0 Å². The number of benzene rings is 2. The van der Waals surface area contributed by atoms with E-state index in [0.29, 0.717) is 30.0 Å². The normalized spacial score (nSPS) is 17.0. The molecule has 0 bridgehead atoms. The number of nitrogens with zero attached hydrogens (tertiary/aromatic N) is 2. The summed E-state index contributed by atoms with van der Waals surface area (Å²) in [6, 6.07) is 15.9. The average molecular weight is 430 g/mol. The number of hydrogen-bond acceptors (Lipinski definition) is 5. The smallest absolute Gasteiger partial charge is 0.268 e. The Hall–Kier alpha value is -3.87. The van der Waals surface area contributed by atoms with E-state index < -0.39 is 6.10 Å². The van der Waals surface area contributed by atoms with E-state index in [1.165, 1.54) is 11.2 Å². The number of fused-ring (bicyclic) bond motifs is 2. The Morgan fingerprint density at radius 2 is 1.91 bits per heavy atom. The molecule has 7 heteroatoms. The molecular weight excluding hydrogens is 408 g/mol. The highest BCUT2D eigenvalue weighted by molar-refractivity contribution is 6.11. The van der Waals surface area contributed by atoms with Gasteiger partial charge < -0.3 is 14.1 Å². The third-order valence-electron chi connectivity index (χ3n) is 5.92. The van der Waals surface area contributed by atoms with E-state index in [1.807, 2.05) is 31.2 Å². The Bertz CT molecular complexity index is 1200. The summed E-state index contributed by atoms with van der Waals surface area (Å²) in [6.07, 6.45) is 2.02.